The van der Waals surface area contributed by atoms with Crippen LogP contribution in [0.15, 0.2) is 0 Å². The summed E-state index contributed by atoms with van der Waals surface area (Å²) in [5.74, 6) is -6.83. The van der Waals surface area contributed by atoms with E-state index in [1.54, 1.807) is 4.18 Å². The van der Waals surface area contributed by atoms with Crippen molar-refractivity contribution >= 4 is 10.5 Å². The molecule has 0 saturated carbocycles. The Balaban J connectivity index is 5.21. The molecule has 0 saturated heterocycles. The summed E-state index contributed by atoms with van der Waals surface area (Å²) in [6.45, 7) is 0. The molecular formula is C3F8O3S. The second kappa shape index (κ2) is 3.43. The standard InChI is InChI=1S/C3F8O3S/c4-1(5,2(6,7)8)3(9,10)14-15(11,12)13. The molecule has 0 radical (unpaired) electrons. The van der Waals surface area contributed by atoms with Gasteiger partial charge in [-0.2, -0.15) is 43.3 Å². The fraction of sp³-hybridized carbons (Fsp3) is 1.00. The molecule has 0 fully saturated rings. The van der Waals surface area contributed by atoms with Gasteiger partial charge in [0.15, 0.2) is 0 Å². The minimum atomic E-state index is -6.83. The monoisotopic (exact) mass is 268 g/mol. The normalized spacial score (nSPS) is 15.5. The molecule has 3 nitrogen and oxygen atoms in total. The van der Waals surface area contributed by atoms with Crippen LogP contribution in [0.1, 0.15) is 0 Å². The smallest absolute Gasteiger partial charge is 0.186 e. The summed E-state index contributed by atoms with van der Waals surface area (Å²) in [7, 11) is -6.66. The van der Waals surface area contributed by atoms with E-state index in [4.69, 9.17) is 0 Å². The summed E-state index contributed by atoms with van der Waals surface area (Å²) in [6.07, 6.45) is -13.3. The van der Waals surface area contributed by atoms with Crippen LogP contribution < -0.4 is 0 Å². The molecule has 0 bridgehead atoms. The fourth-order valence-electron chi connectivity index (χ4n) is 0.342. The van der Waals surface area contributed by atoms with Gasteiger partial charge in [0, 0.05) is 0 Å². The van der Waals surface area contributed by atoms with Crippen molar-refractivity contribution in [2.45, 2.75) is 18.2 Å². The molecule has 15 heavy (non-hydrogen) atoms. The Labute approximate surface area is 77.0 Å². The van der Waals surface area contributed by atoms with Crippen molar-refractivity contribution < 1.29 is 47.2 Å². The van der Waals surface area contributed by atoms with E-state index >= 15 is 0 Å². The summed E-state index contributed by atoms with van der Waals surface area (Å²) < 4.78 is 113. The molecule has 92 valence electrons. The molecular weight excluding hydrogens is 268 g/mol. The summed E-state index contributed by atoms with van der Waals surface area (Å²) in [4.78, 5) is 0. The van der Waals surface area contributed by atoms with E-state index in [-0.39, 0.29) is 0 Å². The van der Waals surface area contributed by atoms with Gasteiger partial charge in [-0.25, -0.2) is 0 Å². The molecule has 0 amide bonds. The van der Waals surface area contributed by atoms with Gasteiger partial charge in [0.2, 0.25) is 0 Å². The van der Waals surface area contributed by atoms with Crippen molar-refractivity contribution in [3.05, 3.63) is 0 Å². The van der Waals surface area contributed by atoms with Gasteiger partial charge < -0.3 is 0 Å². The van der Waals surface area contributed by atoms with Crippen molar-refractivity contribution in [1.29, 1.82) is 0 Å². The third kappa shape index (κ3) is 3.15. The van der Waals surface area contributed by atoms with Crippen molar-refractivity contribution in [3.63, 3.8) is 0 Å². The predicted octanol–water partition coefficient (Wildman–Crippen LogP) is 2.01. The van der Waals surface area contributed by atoms with Gasteiger partial charge in [-0.3, -0.25) is 0 Å². The van der Waals surface area contributed by atoms with Gasteiger partial charge in [-0.05, 0) is 0 Å². The number of halogens is 8. The zero-order chi connectivity index (χ0) is 12.7. The fourth-order valence-corrected chi connectivity index (χ4v) is 0.697. The largest absolute Gasteiger partial charge is 0.462 e. The van der Waals surface area contributed by atoms with Crippen LogP contribution in [0.4, 0.5) is 34.6 Å². The van der Waals surface area contributed by atoms with Crippen molar-refractivity contribution in [2.75, 3.05) is 0 Å². The lowest BCUT2D eigenvalue weighted by Crippen LogP contribution is -2.53. The SMILES string of the molecule is O=S(=O)(F)OC(F)(F)C(F)(F)C(F)(F)F. The molecule has 12 heteroatoms. The first-order valence-electron chi connectivity index (χ1n) is 2.68. The number of alkyl halides is 7. The summed E-state index contributed by atoms with van der Waals surface area (Å²) >= 11 is 0. The molecule has 0 aliphatic rings. The maximum atomic E-state index is 11.9. The highest BCUT2D eigenvalue weighted by atomic mass is 32.3. The average Bonchev–Trinajstić information content (AvgIpc) is 1.77. The van der Waals surface area contributed by atoms with Crippen LogP contribution in [0.5, 0.6) is 0 Å². The first kappa shape index (κ1) is 14.3. The summed E-state index contributed by atoms with van der Waals surface area (Å²) in [6, 6.07) is 0. The van der Waals surface area contributed by atoms with Crippen LogP contribution >= 0.6 is 0 Å². The van der Waals surface area contributed by atoms with Crippen LogP contribution in [0.2, 0.25) is 0 Å². The molecule has 0 aromatic heterocycles. The van der Waals surface area contributed by atoms with E-state index in [1.165, 1.54) is 0 Å². The molecule has 0 aliphatic heterocycles. The topological polar surface area (TPSA) is 43.4 Å². The third-order valence-electron chi connectivity index (χ3n) is 0.926. The van der Waals surface area contributed by atoms with Gasteiger partial charge >= 0.3 is 28.7 Å². The van der Waals surface area contributed by atoms with E-state index in [1.807, 2.05) is 0 Å². The van der Waals surface area contributed by atoms with Gasteiger partial charge in [-0.15, -0.1) is 0 Å². The number of hydrogen-bond donors (Lipinski definition) is 0. The van der Waals surface area contributed by atoms with Gasteiger partial charge in [0.25, 0.3) is 0 Å². The lowest BCUT2D eigenvalue weighted by atomic mass is 10.3. The highest BCUT2D eigenvalue weighted by molar-refractivity contribution is 7.81. The van der Waals surface area contributed by atoms with Crippen molar-refractivity contribution in [1.82, 2.24) is 0 Å². The van der Waals surface area contributed by atoms with Gasteiger partial charge in [0.1, 0.15) is 0 Å². The highest BCUT2D eigenvalue weighted by Gasteiger charge is 2.76. The second-order valence-corrected chi connectivity index (χ2v) is 3.02. The van der Waals surface area contributed by atoms with E-state index in [0.29, 0.717) is 0 Å². The molecule has 0 aliphatic carbocycles. The Morgan fingerprint density at radius 3 is 1.40 bits per heavy atom. The third-order valence-corrected chi connectivity index (χ3v) is 1.33. The zero-order valence-electron chi connectivity index (χ0n) is 6.16. The quantitative estimate of drug-likeness (QED) is 0.581. The van der Waals surface area contributed by atoms with E-state index in [0.717, 1.165) is 0 Å². The minimum absolute atomic E-state index is 1.72. The molecule has 0 atom stereocenters. The molecule has 0 aromatic carbocycles. The van der Waals surface area contributed by atoms with Crippen LogP contribution in [-0.2, 0) is 14.7 Å². The average molecular weight is 268 g/mol. The molecule has 0 aromatic rings. The van der Waals surface area contributed by atoms with Crippen LogP contribution in [0.25, 0.3) is 0 Å². The Morgan fingerprint density at radius 2 is 1.20 bits per heavy atom. The molecule has 0 N–H and O–H groups in total. The minimum Gasteiger partial charge on any atom is -0.186 e. The van der Waals surface area contributed by atoms with E-state index < -0.39 is 28.7 Å². The molecule has 0 heterocycles. The van der Waals surface area contributed by atoms with E-state index in [2.05, 4.69) is 0 Å². The Bertz CT molecular complexity index is 328. The van der Waals surface area contributed by atoms with Crippen LogP contribution in [0.3, 0.4) is 0 Å². The van der Waals surface area contributed by atoms with Crippen molar-refractivity contribution in [3.8, 4) is 0 Å². The Hall–Kier alpha value is -0.650. The zero-order valence-corrected chi connectivity index (χ0v) is 6.97. The Morgan fingerprint density at radius 1 is 0.867 bits per heavy atom. The molecule has 0 unspecified atom stereocenters. The lowest BCUT2D eigenvalue weighted by molar-refractivity contribution is -0.402. The number of hydrogen-bond acceptors (Lipinski definition) is 3. The first-order valence-corrected chi connectivity index (χ1v) is 3.99. The van der Waals surface area contributed by atoms with Crippen LogP contribution in [0, 0.1) is 0 Å². The Kier molecular flexibility index (Phi) is 3.29. The van der Waals surface area contributed by atoms with Gasteiger partial charge in [-0.1, -0.05) is 3.89 Å². The number of rotatable bonds is 3. The maximum absolute atomic E-state index is 11.9. The summed E-state index contributed by atoms with van der Waals surface area (Å²) in [5.41, 5.74) is 0. The second-order valence-electron chi connectivity index (χ2n) is 2.07. The van der Waals surface area contributed by atoms with E-state index in [9.17, 15) is 43.0 Å². The predicted molar refractivity (Wildman–Crippen MR) is 27.1 cm³/mol. The first-order chi connectivity index (χ1) is 6.21. The molecule has 0 rings (SSSR count). The lowest BCUT2D eigenvalue weighted by Gasteiger charge is -2.25. The maximum Gasteiger partial charge on any atom is 0.462 e. The van der Waals surface area contributed by atoms with Crippen molar-refractivity contribution in [2.24, 2.45) is 0 Å². The molecule has 0 spiro atoms. The summed E-state index contributed by atoms with van der Waals surface area (Å²) in [5, 5.41) is 0. The van der Waals surface area contributed by atoms with Crippen LogP contribution in [-0.4, -0.2) is 26.6 Å². The highest BCUT2D eigenvalue weighted by Crippen LogP contribution is 2.47. The van der Waals surface area contributed by atoms with Gasteiger partial charge in [0.05, 0.1) is 0 Å².